The predicted octanol–water partition coefficient (Wildman–Crippen LogP) is 1.57. The molecule has 92 valence electrons. The van der Waals surface area contributed by atoms with Crippen molar-refractivity contribution in [3.05, 3.63) is 17.5 Å². The van der Waals surface area contributed by atoms with Gasteiger partial charge in [0.25, 0.3) is 0 Å². The molecule has 0 aromatic carbocycles. The number of halogens is 1. The normalized spacial score (nSPS) is 25.7. The second-order valence-electron chi connectivity index (χ2n) is 4.54. The van der Waals surface area contributed by atoms with Crippen LogP contribution < -0.4 is 5.73 Å². The number of likely N-dealkylation sites (tertiary alicyclic amines) is 1. The Hall–Kier alpha value is -0.580. The summed E-state index contributed by atoms with van der Waals surface area (Å²) in [5, 5.41) is 4.02. The van der Waals surface area contributed by atoms with Crippen LogP contribution in [-0.4, -0.2) is 29.2 Å². The highest BCUT2D eigenvalue weighted by atomic mass is 35.5. The quantitative estimate of drug-likeness (QED) is 0.879. The van der Waals surface area contributed by atoms with Crippen molar-refractivity contribution >= 4 is 12.4 Å². The molecule has 0 radical (unpaired) electrons. The molecule has 0 aliphatic carbocycles. The summed E-state index contributed by atoms with van der Waals surface area (Å²) in [6.07, 6.45) is 1.20. The lowest BCUT2D eigenvalue weighted by Crippen LogP contribution is -2.27. The van der Waals surface area contributed by atoms with E-state index in [1.807, 2.05) is 13.0 Å². The van der Waals surface area contributed by atoms with E-state index in [0.717, 1.165) is 31.1 Å². The second kappa shape index (κ2) is 5.66. The molecular weight excluding hydrogens is 226 g/mol. The molecule has 2 atom stereocenters. The zero-order chi connectivity index (χ0) is 10.8. The molecule has 0 amide bonds. The lowest BCUT2D eigenvalue weighted by Gasteiger charge is -2.19. The largest absolute Gasteiger partial charge is 0.361 e. The highest BCUT2D eigenvalue weighted by molar-refractivity contribution is 5.85. The molecule has 0 saturated carbocycles. The Kier molecular flexibility index (Phi) is 4.77. The first-order valence-corrected chi connectivity index (χ1v) is 5.55. The fourth-order valence-corrected chi connectivity index (χ4v) is 2.31. The van der Waals surface area contributed by atoms with E-state index in [9.17, 15) is 0 Å². The van der Waals surface area contributed by atoms with Crippen LogP contribution in [0.1, 0.15) is 24.8 Å². The van der Waals surface area contributed by atoms with Gasteiger partial charge in [0.2, 0.25) is 0 Å². The summed E-state index contributed by atoms with van der Waals surface area (Å²) in [4.78, 5) is 2.43. The van der Waals surface area contributed by atoms with Crippen LogP contribution in [0.5, 0.6) is 0 Å². The molecule has 0 bridgehead atoms. The van der Waals surface area contributed by atoms with Gasteiger partial charge in [0.15, 0.2) is 0 Å². The van der Waals surface area contributed by atoms with Crippen LogP contribution in [0.4, 0.5) is 0 Å². The van der Waals surface area contributed by atoms with E-state index < -0.39 is 0 Å². The SMILES string of the molecule is Cc1cc(CN2CC(CN)CC2C)no1.Cl. The summed E-state index contributed by atoms with van der Waals surface area (Å²) in [6, 6.07) is 2.61. The molecule has 5 heteroatoms. The topological polar surface area (TPSA) is 55.3 Å². The van der Waals surface area contributed by atoms with E-state index in [4.69, 9.17) is 10.3 Å². The molecule has 2 heterocycles. The van der Waals surface area contributed by atoms with Gasteiger partial charge in [0.05, 0.1) is 5.69 Å². The Morgan fingerprint density at radius 3 is 2.88 bits per heavy atom. The minimum Gasteiger partial charge on any atom is -0.361 e. The monoisotopic (exact) mass is 245 g/mol. The van der Waals surface area contributed by atoms with Gasteiger partial charge in [-0.1, -0.05) is 5.16 Å². The molecule has 1 saturated heterocycles. The summed E-state index contributed by atoms with van der Waals surface area (Å²) < 4.78 is 5.06. The fraction of sp³-hybridized carbons (Fsp3) is 0.727. The van der Waals surface area contributed by atoms with Crippen molar-refractivity contribution in [3.63, 3.8) is 0 Å². The van der Waals surface area contributed by atoms with E-state index >= 15 is 0 Å². The molecule has 4 nitrogen and oxygen atoms in total. The maximum Gasteiger partial charge on any atom is 0.133 e. The van der Waals surface area contributed by atoms with Crippen molar-refractivity contribution in [3.8, 4) is 0 Å². The molecular formula is C11H20ClN3O. The molecule has 16 heavy (non-hydrogen) atoms. The van der Waals surface area contributed by atoms with Crippen molar-refractivity contribution in [1.29, 1.82) is 0 Å². The molecule has 1 aromatic heterocycles. The van der Waals surface area contributed by atoms with Gasteiger partial charge in [-0.25, -0.2) is 0 Å². The number of aryl methyl sites for hydroxylation is 1. The number of nitrogens with zero attached hydrogens (tertiary/aromatic N) is 2. The Labute approximate surface area is 103 Å². The zero-order valence-electron chi connectivity index (χ0n) is 9.85. The molecule has 1 aromatic rings. The summed E-state index contributed by atoms with van der Waals surface area (Å²) in [5.74, 6) is 1.53. The van der Waals surface area contributed by atoms with Crippen molar-refractivity contribution < 1.29 is 4.52 Å². The zero-order valence-corrected chi connectivity index (χ0v) is 10.7. The third kappa shape index (κ3) is 2.97. The van der Waals surface area contributed by atoms with Gasteiger partial charge in [-0.3, -0.25) is 4.90 Å². The predicted molar refractivity (Wildman–Crippen MR) is 65.5 cm³/mol. The summed E-state index contributed by atoms with van der Waals surface area (Å²) in [5.41, 5.74) is 6.72. The van der Waals surface area contributed by atoms with Crippen molar-refractivity contribution in [2.75, 3.05) is 13.1 Å². The number of hydrogen-bond acceptors (Lipinski definition) is 4. The molecule has 2 N–H and O–H groups in total. The van der Waals surface area contributed by atoms with Crippen molar-refractivity contribution in [1.82, 2.24) is 10.1 Å². The minimum atomic E-state index is 0. The molecule has 1 fully saturated rings. The first kappa shape index (κ1) is 13.5. The van der Waals surface area contributed by atoms with E-state index in [-0.39, 0.29) is 12.4 Å². The fourth-order valence-electron chi connectivity index (χ4n) is 2.31. The third-order valence-corrected chi connectivity index (χ3v) is 3.17. The number of rotatable bonds is 3. The van der Waals surface area contributed by atoms with E-state index in [1.165, 1.54) is 6.42 Å². The third-order valence-electron chi connectivity index (χ3n) is 3.17. The van der Waals surface area contributed by atoms with E-state index in [0.29, 0.717) is 12.0 Å². The lowest BCUT2D eigenvalue weighted by atomic mass is 10.1. The first-order chi connectivity index (χ1) is 7.19. The Morgan fingerprint density at radius 2 is 2.38 bits per heavy atom. The van der Waals surface area contributed by atoms with Crippen LogP contribution in [0.3, 0.4) is 0 Å². The van der Waals surface area contributed by atoms with Gasteiger partial charge in [0.1, 0.15) is 5.76 Å². The van der Waals surface area contributed by atoms with Gasteiger partial charge in [-0.15, -0.1) is 12.4 Å². The molecule has 0 spiro atoms. The Balaban J connectivity index is 0.00000128. The van der Waals surface area contributed by atoms with Gasteiger partial charge in [-0.05, 0) is 32.7 Å². The van der Waals surface area contributed by atoms with Crippen LogP contribution >= 0.6 is 12.4 Å². The number of hydrogen-bond donors (Lipinski definition) is 1. The molecule has 1 aliphatic heterocycles. The lowest BCUT2D eigenvalue weighted by molar-refractivity contribution is 0.247. The highest BCUT2D eigenvalue weighted by Gasteiger charge is 2.28. The highest BCUT2D eigenvalue weighted by Crippen LogP contribution is 2.23. The maximum atomic E-state index is 5.69. The molecule has 1 aliphatic rings. The minimum absolute atomic E-state index is 0. The van der Waals surface area contributed by atoms with Gasteiger partial charge < -0.3 is 10.3 Å². The summed E-state index contributed by atoms with van der Waals surface area (Å²) in [6.45, 7) is 6.94. The maximum absolute atomic E-state index is 5.69. The molecule has 2 rings (SSSR count). The summed E-state index contributed by atoms with van der Waals surface area (Å²) >= 11 is 0. The second-order valence-corrected chi connectivity index (χ2v) is 4.54. The Morgan fingerprint density at radius 1 is 1.62 bits per heavy atom. The van der Waals surface area contributed by atoms with Crippen LogP contribution in [0.15, 0.2) is 10.6 Å². The van der Waals surface area contributed by atoms with Gasteiger partial charge in [0, 0.05) is 25.2 Å². The van der Waals surface area contributed by atoms with E-state index in [2.05, 4.69) is 17.0 Å². The van der Waals surface area contributed by atoms with Crippen molar-refractivity contribution in [2.45, 2.75) is 32.9 Å². The average Bonchev–Trinajstić information content (AvgIpc) is 2.75. The Bertz CT molecular complexity index is 329. The van der Waals surface area contributed by atoms with Gasteiger partial charge >= 0.3 is 0 Å². The van der Waals surface area contributed by atoms with Gasteiger partial charge in [-0.2, -0.15) is 0 Å². The summed E-state index contributed by atoms with van der Waals surface area (Å²) in [7, 11) is 0. The van der Waals surface area contributed by atoms with Crippen molar-refractivity contribution in [2.24, 2.45) is 11.7 Å². The number of nitrogens with two attached hydrogens (primary N) is 1. The first-order valence-electron chi connectivity index (χ1n) is 5.55. The molecule has 2 unspecified atom stereocenters. The average molecular weight is 246 g/mol. The van der Waals surface area contributed by atoms with Crippen LogP contribution in [0, 0.1) is 12.8 Å². The smallest absolute Gasteiger partial charge is 0.133 e. The van der Waals surface area contributed by atoms with E-state index in [1.54, 1.807) is 0 Å². The van der Waals surface area contributed by atoms with Crippen LogP contribution in [-0.2, 0) is 6.54 Å². The van der Waals surface area contributed by atoms with Crippen LogP contribution in [0.25, 0.3) is 0 Å². The number of aromatic nitrogens is 1. The van der Waals surface area contributed by atoms with Crippen LogP contribution in [0.2, 0.25) is 0 Å². The standard InChI is InChI=1S/C11H19N3O.ClH/c1-8-3-10(5-12)6-14(8)7-11-4-9(2)15-13-11;/h4,8,10H,3,5-7,12H2,1-2H3;1H.